The molecule has 1 aliphatic rings. The second kappa shape index (κ2) is 5.74. The van der Waals surface area contributed by atoms with Crippen LogP contribution in [0.15, 0.2) is 24.3 Å². The van der Waals surface area contributed by atoms with E-state index in [2.05, 4.69) is 5.32 Å². The molecule has 1 aromatic rings. The Morgan fingerprint density at radius 2 is 2.00 bits per heavy atom. The molecule has 5 heteroatoms. The quantitative estimate of drug-likeness (QED) is 0.910. The van der Waals surface area contributed by atoms with Crippen LogP contribution in [-0.4, -0.2) is 32.4 Å². The molecule has 1 atom stereocenters. The fourth-order valence-corrected chi connectivity index (χ4v) is 4.21. The average Bonchev–Trinajstić information content (AvgIpc) is 2.69. The average molecular weight is 281 g/mol. The number of amides is 1. The first-order valence-electron chi connectivity index (χ1n) is 6.51. The molecular weight excluding hydrogens is 262 g/mol. The van der Waals surface area contributed by atoms with Crippen LogP contribution < -0.4 is 5.32 Å². The summed E-state index contributed by atoms with van der Waals surface area (Å²) in [5.74, 6) is 0.668. The summed E-state index contributed by atoms with van der Waals surface area (Å²) in [6, 6.07) is 7.40. The van der Waals surface area contributed by atoms with Gasteiger partial charge in [0.15, 0.2) is 9.84 Å². The predicted octanol–water partition coefficient (Wildman–Crippen LogP) is 1.55. The molecule has 4 nitrogen and oxygen atoms in total. The highest BCUT2D eigenvalue weighted by atomic mass is 32.2. The molecule has 2 rings (SSSR count). The van der Waals surface area contributed by atoms with Crippen molar-refractivity contribution >= 4 is 15.7 Å². The van der Waals surface area contributed by atoms with Crippen LogP contribution in [-0.2, 0) is 9.84 Å². The summed E-state index contributed by atoms with van der Waals surface area (Å²) in [6.07, 6.45) is 1.46. The lowest BCUT2D eigenvalue weighted by Gasteiger charge is -2.09. The van der Waals surface area contributed by atoms with E-state index >= 15 is 0 Å². The Bertz CT molecular complexity index is 549. The van der Waals surface area contributed by atoms with Gasteiger partial charge < -0.3 is 5.32 Å². The first kappa shape index (κ1) is 14.1. The molecule has 1 heterocycles. The molecule has 1 amide bonds. The summed E-state index contributed by atoms with van der Waals surface area (Å²) in [6.45, 7) is 2.51. The van der Waals surface area contributed by atoms with Crippen LogP contribution in [0, 0.1) is 12.8 Å². The molecule has 1 aliphatic heterocycles. The van der Waals surface area contributed by atoms with E-state index in [4.69, 9.17) is 0 Å². The van der Waals surface area contributed by atoms with Crippen molar-refractivity contribution in [1.82, 2.24) is 5.32 Å². The third-order valence-corrected chi connectivity index (χ3v) is 5.32. The van der Waals surface area contributed by atoms with Gasteiger partial charge in [-0.15, -0.1) is 0 Å². The summed E-state index contributed by atoms with van der Waals surface area (Å²) in [5, 5.41) is 2.84. The number of nitrogens with one attached hydrogen (secondary N) is 1. The van der Waals surface area contributed by atoms with Gasteiger partial charge in [-0.3, -0.25) is 4.79 Å². The molecule has 0 aromatic heterocycles. The largest absolute Gasteiger partial charge is 0.352 e. The van der Waals surface area contributed by atoms with Crippen LogP contribution in [0.3, 0.4) is 0 Å². The lowest BCUT2D eigenvalue weighted by atomic mass is 10.1. The van der Waals surface area contributed by atoms with Gasteiger partial charge in [-0.2, -0.15) is 0 Å². The monoisotopic (exact) mass is 281 g/mol. The van der Waals surface area contributed by atoms with E-state index < -0.39 is 9.84 Å². The van der Waals surface area contributed by atoms with Crippen LogP contribution in [0.4, 0.5) is 0 Å². The third-order valence-electron chi connectivity index (χ3n) is 3.48. The molecule has 1 fully saturated rings. The van der Waals surface area contributed by atoms with Crippen molar-refractivity contribution in [2.75, 3.05) is 18.1 Å². The SMILES string of the molecule is Cc1ccc(C(=O)NCCC2CCS(=O)(=O)C2)cc1. The fraction of sp³-hybridized carbons (Fsp3) is 0.500. The Morgan fingerprint density at radius 1 is 1.32 bits per heavy atom. The summed E-state index contributed by atoms with van der Waals surface area (Å²) in [7, 11) is -2.82. The van der Waals surface area contributed by atoms with Crippen LogP contribution in [0.2, 0.25) is 0 Å². The summed E-state index contributed by atoms with van der Waals surface area (Å²) >= 11 is 0. The summed E-state index contributed by atoms with van der Waals surface area (Å²) in [4.78, 5) is 11.8. The van der Waals surface area contributed by atoms with Crippen molar-refractivity contribution in [2.24, 2.45) is 5.92 Å². The number of aryl methyl sites for hydroxylation is 1. The van der Waals surface area contributed by atoms with Crippen molar-refractivity contribution in [2.45, 2.75) is 19.8 Å². The smallest absolute Gasteiger partial charge is 0.251 e. The van der Waals surface area contributed by atoms with Crippen LogP contribution in [0.25, 0.3) is 0 Å². The van der Waals surface area contributed by atoms with E-state index in [0.717, 1.165) is 18.4 Å². The first-order valence-corrected chi connectivity index (χ1v) is 8.34. The van der Waals surface area contributed by atoms with Gasteiger partial charge in [0.1, 0.15) is 0 Å². The lowest BCUT2D eigenvalue weighted by molar-refractivity contribution is 0.0952. The Hall–Kier alpha value is -1.36. The summed E-state index contributed by atoms with van der Waals surface area (Å²) in [5.41, 5.74) is 1.76. The Balaban J connectivity index is 1.77. The lowest BCUT2D eigenvalue weighted by Crippen LogP contribution is -2.26. The second-order valence-corrected chi connectivity index (χ2v) is 7.41. The zero-order valence-electron chi connectivity index (χ0n) is 11.1. The van der Waals surface area contributed by atoms with Gasteiger partial charge in [0.05, 0.1) is 11.5 Å². The molecule has 0 spiro atoms. The minimum Gasteiger partial charge on any atom is -0.352 e. The van der Waals surface area contributed by atoms with E-state index in [1.807, 2.05) is 19.1 Å². The van der Waals surface area contributed by atoms with Gasteiger partial charge in [-0.05, 0) is 37.8 Å². The normalized spacial score (nSPS) is 21.2. The minimum atomic E-state index is -2.82. The topological polar surface area (TPSA) is 63.2 Å². The van der Waals surface area contributed by atoms with Crippen molar-refractivity contribution in [3.8, 4) is 0 Å². The molecule has 0 bridgehead atoms. The number of benzene rings is 1. The summed E-state index contributed by atoms with van der Waals surface area (Å²) < 4.78 is 22.6. The highest BCUT2D eigenvalue weighted by Crippen LogP contribution is 2.20. The highest BCUT2D eigenvalue weighted by Gasteiger charge is 2.27. The molecule has 1 saturated heterocycles. The van der Waals surface area contributed by atoms with Crippen molar-refractivity contribution in [1.29, 1.82) is 0 Å². The number of sulfone groups is 1. The fourth-order valence-electron chi connectivity index (χ4n) is 2.30. The van der Waals surface area contributed by atoms with Crippen molar-refractivity contribution in [3.05, 3.63) is 35.4 Å². The molecule has 0 saturated carbocycles. The highest BCUT2D eigenvalue weighted by molar-refractivity contribution is 7.91. The number of carbonyl (C=O) groups excluding carboxylic acids is 1. The molecule has 1 aromatic carbocycles. The van der Waals surface area contributed by atoms with Gasteiger partial charge in [-0.25, -0.2) is 8.42 Å². The standard InChI is InChI=1S/C14H19NO3S/c1-11-2-4-13(5-3-11)14(16)15-8-6-12-7-9-19(17,18)10-12/h2-5,12H,6-10H2,1H3,(H,15,16). The minimum absolute atomic E-state index is 0.0964. The molecule has 1 N–H and O–H groups in total. The van der Waals surface area contributed by atoms with Crippen LogP contribution >= 0.6 is 0 Å². The van der Waals surface area contributed by atoms with Gasteiger partial charge in [0.2, 0.25) is 0 Å². The molecular formula is C14H19NO3S. The maximum absolute atomic E-state index is 11.8. The Morgan fingerprint density at radius 3 is 2.58 bits per heavy atom. The maximum atomic E-state index is 11.8. The van der Waals surface area contributed by atoms with E-state index in [0.29, 0.717) is 17.9 Å². The number of hydrogen-bond acceptors (Lipinski definition) is 3. The predicted molar refractivity (Wildman–Crippen MR) is 74.9 cm³/mol. The van der Waals surface area contributed by atoms with Crippen molar-refractivity contribution < 1.29 is 13.2 Å². The third kappa shape index (κ3) is 4.06. The Labute approximate surface area is 114 Å². The van der Waals surface area contributed by atoms with E-state index in [1.165, 1.54) is 0 Å². The number of carbonyl (C=O) groups is 1. The van der Waals surface area contributed by atoms with Crippen LogP contribution in [0.5, 0.6) is 0 Å². The Kier molecular flexibility index (Phi) is 4.24. The van der Waals surface area contributed by atoms with E-state index in [-0.39, 0.29) is 17.6 Å². The van der Waals surface area contributed by atoms with E-state index in [1.54, 1.807) is 12.1 Å². The molecule has 0 aliphatic carbocycles. The molecule has 0 radical (unpaired) electrons. The molecule has 1 unspecified atom stereocenters. The van der Waals surface area contributed by atoms with Gasteiger partial charge in [-0.1, -0.05) is 17.7 Å². The number of rotatable bonds is 4. The van der Waals surface area contributed by atoms with Crippen molar-refractivity contribution in [3.63, 3.8) is 0 Å². The first-order chi connectivity index (χ1) is 8.96. The van der Waals surface area contributed by atoms with Crippen LogP contribution in [0.1, 0.15) is 28.8 Å². The zero-order valence-corrected chi connectivity index (χ0v) is 11.9. The second-order valence-electron chi connectivity index (χ2n) is 5.18. The van der Waals surface area contributed by atoms with Gasteiger partial charge >= 0.3 is 0 Å². The van der Waals surface area contributed by atoms with Gasteiger partial charge in [0.25, 0.3) is 5.91 Å². The maximum Gasteiger partial charge on any atom is 0.251 e. The van der Waals surface area contributed by atoms with E-state index in [9.17, 15) is 13.2 Å². The number of hydrogen-bond donors (Lipinski definition) is 1. The zero-order chi connectivity index (χ0) is 13.9. The molecule has 19 heavy (non-hydrogen) atoms. The molecule has 104 valence electrons. The van der Waals surface area contributed by atoms with Gasteiger partial charge in [0, 0.05) is 12.1 Å².